The van der Waals surface area contributed by atoms with Crippen molar-refractivity contribution in [3.8, 4) is 0 Å². The van der Waals surface area contributed by atoms with Crippen LogP contribution in [0.1, 0.15) is 42.9 Å². The molecule has 1 aromatic carbocycles. The predicted octanol–water partition coefficient (Wildman–Crippen LogP) is 4.06. The molecule has 3 rings (SSSR count). The van der Waals surface area contributed by atoms with E-state index in [0.717, 1.165) is 42.9 Å². The Kier molecular flexibility index (Phi) is 11.6. The van der Waals surface area contributed by atoms with Gasteiger partial charge < -0.3 is 19.7 Å². The summed E-state index contributed by atoms with van der Waals surface area (Å²) in [5.74, 6) is 3.83. The van der Waals surface area contributed by atoms with E-state index in [1.807, 2.05) is 30.3 Å². The van der Waals surface area contributed by atoms with Crippen molar-refractivity contribution in [2.24, 2.45) is 12.0 Å². The lowest BCUT2D eigenvalue weighted by Crippen LogP contribution is -2.39. The highest BCUT2D eigenvalue weighted by Crippen LogP contribution is 2.20. The maximum absolute atomic E-state index is 4.85. The lowest BCUT2D eigenvalue weighted by atomic mass is 10.1. The molecular formula is C23H38IN7S. The molecule has 0 aliphatic carbocycles. The Morgan fingerprint density at radius 1 is 1.16 bits per heavy atom. The Labute approximate surface area is 214 Å². The number of benzene rings is 1. The Morgan fingerprint density at radius 3 is 2.50 bits per heavy atom. The van der Waals surface area contributed by atoms with E-state index in [4.69, 9.17) is 4.99 Å². The molecule has 1 aliphatic rings. The molecule has 1 aromatic heterocycles. The van der Waals surface area contributed by atoms with Gasteiger partial charge in [-0.2, -0.15) is 11.8 Å². The number of anilines is 1. The number of nitrogens with zero attached hydrogens (tertiary/aromatic N) is 6. The summed E-state index contributed by atoms with van der Waals surface area (Å²) < 4.78 is 1.99. The molecule has 0 atom stereocenters. The van der Waals surface area contributed by atoms with Gasteiger partial charge in [-0.25, -0.2) is 4.99 Å². The minimum atomic E-state index is 0. The summed E-state index contributed by atoms with van der Waals surface area (Å²) in [6, 6.07) is 9.02. The van der Waals surface area contributed by atoms with Gasteiger partial charge >= 0.3 is 0 Å². The first-order valence-corrected chi connectivity index (χ1v) is 12.6. The fraction of sp³-hybridized carbons (Fsp3) is 0.609. The smallest absolute Gasteiger partial charge is 0.194 e. The van der Waals surface area contributed by atoms with Crippen LogP contribution in [0.25, 0.3) is 0 Å². The number of halogens is 1. The minimum Gasteiger partial charge on any atom is -0.372 e. The van der Waals surface area contributed by atoms with Crippen LogP contribution in [0.15, 0.2) is 29.3 Å². The first-order chi connectivity index (χ1) is 15.1. The fourth-order valence-corrected chi connectivity index (χ4v) is 4.21. The second kappa shape index (κ2) is 13.9. The van der Waals surface area contributed by atoms with E-state index in [2.05, 4.69) is 62.9 Å². The predicted molar refractivity (Wildman–Crippen MR) is 147 cm³/mol. The zero-order valence-electron chi connectivity index (χ0n) is 19.9. The fourth-order valence-electron chi connectivity index (χ4n) is 3.78. The van der Waals surface area contributed by atoms with Crippen molar-refractivity contribution in [2.75, 3.05) is 43.6 Å². The van der Waals surface area contributed by atoms with Crippen LogP contribution in [-0.2, 0) is 20.1 Å². The highest BCUT2D eigenvalue weighted by Gasteiger charge is 2.12. The Bertz CT molecular complexity index is 831. The van der Waals surface area contributed by atoms with Crippen molar-refractivity contribution in [3.05, 3.63) is 41.5 Å². The molecule has 1 saturated heterocycles. The molecule has 32 heavy (non-hydrogen) atoms. The quantitative estimate of drug-likeness (QED) is 0.212. The maximum atomic E-state index is 4.85. The van der Waals surface area contributed by atoms with Gasteiger partial charge in [-0.3, -0.25) is 0 Å². The molecule has 1 N–H and O–H groups in total. The van der Waals surface area contributed by atoms with E-state index in [-0.39, 0.29) is 24.0 Å². The van der Waals surface area contributed by atoms with Gasteiger partial charge in [-0.15, -0.1) is 34.2 Å². The molecule has 1 aliphatic heterocycles. The molecule has 2 heterocycles. The van der Waals surface area contributed by atoms with Crippen LogP contribution in [0.5, 0.6) is 0 Å². The third-order valence-electron chi connectivity index (χ3n) is 5.80. The number of nitrogens with one attached hydrogen (secondary N) is 1. The Balaban J connectivity index is 0.00000363. The van der Waals surface area contributed by atoms with Gasteiger partial charge in [0.25, 0.3) is 0 Å². The molecule has 0 unspecified atom stereocenters. The van der Waals surface area contributed by atoms with Crippen LogP contribution in [0.3, 0.4) is 0 Å². The number of hydrogen-bond acceptors (Lipinski definition) is 5. The number of aryl methyl sites for hydroxylation is 1. The second-order valence-corrected chi connectivity index (χ2v) is 9.19. The second-order valence-electron chi connectivity index (χ2n) is 8.21. The molecule has 0 radical (unpaired) electrons. The van der Waals surface area contributed by atoms with Crippen LogP contribution in [0, 0.1) is 6.92 Å². The molecule has 2 aromatic rings. The molecule has 0 amide bonds. The van der Waals surface area contributed by atoms with Crippen molar-refractivity contribution in [2.45, 2.75) is 45.7 Å². The van der Waals surface area contributed by atoms with Gasteiger partial charge in [0.15, 0.2) is 11.8 Å². The standard InChI is InChI=1S/C23H37N7S.HI/c1-19-26-27-22(29(19)3)17-25-23(24-13-8-16-31-4)28(2)18-20-9-11-21(12-10-20)30-14-6-5-7-15-30;/h9-12H,5-8,13-18H2,1-4H3,(H,24,25);1H. The van der Waals surface area contributed by atoms with Crippen LogP contribution in [-0.4, -0.2) is 64.3 Å². The number of hydrogen-bond donors (Lipinski definition) is 1. The first-order valence-electron chi connectivity index (χ1n) is 11.3. The third-order valence-corrected chi connectivity index (χ3v) is 6.50. The van der Waals surface area contributed by atoms with E-state index >= 15 is 0 Å². The number of aliphatic imine (C=N–C) groups is 1. The minimum absolute atomic E-state index is 0. The van der Waals surface area contributed by atoms with E-state index in [0.29, 0.717) is 6.54 Å². The molecule has 7 nitrogen and oxygen atoms in total. The topological polar surface area (TPSA) is 61.6 Å². The van der Waals surface area contributed by atoms with Gasteiger partial charge in [0.05, 0.1) is 0 Å². The Hall–Kier alpha value is -1.49. The summed E-state index contributed by atoms with van der Waals surface area (Å²) in [5, 5.41) is 11.9. The number of aromatic nitrogens is 3. The van der Waals surface area contributed by atoms with Gasteiger partial charge in [0, 0.05) is 46.0 Å². The summed E-state index contributed by atoms with van der Waals surface area (Å²) in [5.41, 5.74) is 2.63. The van der Waals surface area contributed by atoms with Crippen LogP contribution in [0.2, 0.25) is 0 Å². The van der Waals surface area contributed by atoms with Gasteiger partial charge in [0.2, 0.25) is 0 Å². The number of thioether (sulfide) groups is 1. The first kappa shape index (κ1) is 26.8. The summed E-state index contributed by atoms with van der Waals surface area (Å²) in [6.07, 6.45) is 7.22. The summed E-state index contributed by atoms with van der Waals surface area (Å²) in [6.45, 7) is 6.55. The largest absolute Gasteiger partial charge is 0.372 e. The van der Waals surface area contributed by atoms with Crippen molar-refractivity contribution in [3.63, 3.8) is 0 Å². The number of rotatable bonds is 9. The highest BCUT2D eigenvalue weighted by molar-refractivity contribution is 14.0. The van der Waals surface area contributed by atoms with E-state index < -0.39 is 0 Å². The van der Waals surface area contributed by atoms with Gasteiger partial charge in [-0.05, 0) is 62.3 Å². The number of guanidine groups is 1. The maximum Gasteiger partial charge on any atom is 0.194 e. The number of piperidine rings is 1. The van der Waals surface area contributed by atoms with Crippen LogP contribution in [0.4, 0.5) is 5.69 Å². The SMILES string of the molecule is CSCCCNC(=NCc1nnc(C)n1C)N(C)Cc1ccc(N2CCCCC2)cc1.I. The molecule has 9 heteroatoms. The molecule has 0 saturated carbocycles. The van der Waals surface area contributed by atoms with E-state index in [1.165, 1.54) is 43.6 Å². The molecule has 178 valence electrons. The summed E-state index contributed by atoms with van der Waals surface area (Å²) >= 11 is 1.87. The average molecular weight is 572 g/mol. The lowest BCUT2D eigenvalue weighted by molar-refractivity contribution is 0.474. The van der Waals surface area contributed by atoms with E-state index in [9.17, 15) is 0 Å². The zero-order chi connectivity index (χ0) is 22.1. The van der Waals surface area contributed by atoms with E-state index in [1.54, 1.807) is 0 Å². The van der Waals surface area contributed by atoms with Gasteiger partial charge in [-0.1, -0.05) is 12.1 Å². The monoisotopic (exact) mass is 571 g/mol. The normalized spacial score (nSPS) is 14.2. The van der Waals surface area contributed by atoms with Crippen molar-refractivity contribution >= 4 is 47.4 Å². The van der Waals surface area contributed by atoms with Crippen LogP contribution < -0.4 is 10.2 Å². The highest BCUT2D eigenvalue weighted by atomic mass is 127. The molecule has 0 bridgehead atoms. The van der Waals surface area contributed by atoms with Crippen molar-refractivity contribution < 1.29 is 0 Å². The average Bonchev–Trinajstić information content (AvgIpc) is 3.12. The zero-order valence-corrected chi connectivity index (χ0v) is 23.0. The van der Waals surface area contributed by atoms with Crippen molar-refractivity contribution in [1.82, 2.24) is 25.0 Å². The molecular weight excluding hydrogens is 533 g/mol. The van der Waals surface area contributed by atoms with Crippen LogP contribution >= 0.6 is 35.7 Å². The molecule has 1 fully saturated rings. The summed E-state index contributed by atoms with van der Waals surface area (Å²) in [4.78, 5) is 9.54. The third kappa shape index (κ3) is 7.83. The van der Waals surface area contributed by atoms with Gasteiger partial charge in [0.1, 0.15) is 12.4 Å². The summed E-state index contributed by atoms with van der Waals surface area (Å²) in [7, 11) is 4.08. The van der Waals surface area contributed by atoms with Crippen molar-refractivity contribution in [1.29, 1.82) is 0 Å². The molecule has 0 spiro atoms. The lowest BCUT2D eigenvalue weighted by Gasteiger charge is -2.29. The Morgan fingerprint density at radius 2 is 1.88 bits per heavy atom.